The third kappa shape index (κ3) is 5.54. The fourth-order valence-electron chi connectivity index (χ4n) is 5.25. The highest BCUT2D eigenvalue weighted by Gasteiger charge is 2.31. The molecule has 0 aliphatic rings. The first-order valence-corrected chi connectivity index (χ1v) is 16.2. The number of methoxy groups -OCH3 is 1. The van der Waals surface area contributed by atoms with Gasteiger partial charge in [0.15, 0.2) is 0 Å². The molecule has 0 spiro atoms. The number of fused-ring (bicyclic) bond motifs is 1. The molecule has 0 saturated heterocycles. The molecule has 14 heteroatoms. The second-order valence-corrected chi connectivity index (χ2v) is 13.1. The van der Waals surface area contributed by atoms with Crippen molar-refractivity contribution in [2.24, 2.45) is 0 Å². The van der Waals surface area contributed by atoms with Gasteiger partial charge in [0.2, 0.25) is 0 Å². The molecule has 4 aromatic carbocycles. The third-order valence-electron chi connectivity index (χ3n) is 7.37. The minimum atomic E-state index is -4.60. The molecule has 0 bridgehead atoms. The Kier molecular flexibility index (Phi) is 8.35. The van der Waals surface area contributed by atoms with Gasteiger partial charge in [-0.25, -0.2) is 39.7 Å². The van der Waals surface area contributed by atoms with E-state index in [1.807, 2.05) is 6.07 Å². The molecule has 0 atom stereocenters. The van der Waals surface area contributed by atoms with E-state index in [1.165, 1.54) is 17.6 Å². The van der Waals surface area contributed by atoms with E-state index in [1.54, 1.807) is 18.2 Å². The van der Waals surface area contributed by atoms with Gasteiger partial charge in [0.05, 0.1) is 34.3 Å². The number of carbonyl (C=O) groups excluding carboxylic acids is 1. The van der Waals surface area contributed by atoms with Crippen molar-refractivity contribution in [2.75, 3.05) is 7.11 Å². The number of carbonyl (C=O) groups is 1. The van der Waals surface area contributed by atoms with Crippen molar-refractivity contribution >= 4 is 49.8 Å². The fraction of sp³-hybridized carbons (Fsp3) is 0.0606. The van der Waals surface area contributed by atoms with Gasteiger partial charge in [-0.1, -0.05) is 41.9 Å². The second-order valence-electron chi connectivity index (χ2n) is 10.1. The quantitative estimate of drug-likeness (QED) is 0.122. The van der Waals surface area contributed by atoms with Crippen LogP contribution in [0, 0.1) is 23.0 Å². The third-order valence-corrected chi connectivity index (χ3v) is 10.1. The maximum Gasteiger partial charge on any atom is 0.340 e. The summed E-state index contributed by atoms with van der Waals surface area (Å²) in [6.07, 6.45) is -2.83. The number of halogens is 5. The van der Waals surface area contributed by atoms with Crippen LogP contribution in [0.15, 0.2) is 89.3 Å². The number of esters is 1. The summed E-state index contributed by atoms with van der Waals surface area (Å²) >= 11 is 7.47. The number of hydrogen-bond donors (Lipinski definition) is 0. The molecular weight excluding hydrogens is 678 g/mol. The predicted octanol–water partition coefficient (Wildman–Crippen LogP) is 8.86. The Hall–Kier alpha value is -5.03. The number of ether oxygens (including phenoxy) is 1. The zero-order valence-electron chi connectivity index (χ0n) is 23.8. The first-order valence-electron chi connectivity index (χ1n) is 13.5. The van der Waals surface area contributed by atoms with Gasteiger partial charge in [-0.2, -0.15) is 5.26 Å². The molecule has 0 N–H and O–H groups in total. The van der Waals surface area contributed by atoms with E-state index < -0.39 is 39.6 Å². The summed E-state index contributed by atoms with van der Waals surface area (Å²) in [5.41, 5.74) is 1.48. The van der Waals surface area contributed by atoms with Crippen molar-refractivity contribution in [3.8, 4) is 39.7 Å². The molecule has 0 saturated carbocycles. The molecule has 236 valence electrons. The Morgan fingerprint density at radius 2 is 1.74 bits per heavy atom. The standard InChI is InChI=1S/C33H18ClF4N3O4S2/c1-45-33(42)23-13-25(34)22(14-26(23)36)18-3-2-4-19(11-18)31-29(30-28(15-39)46-16-40-30)24-12-20(35)7-10-27(24)41(31)47(43,44)21-8-5-17(6-9-21)32(37)38/h2-14,16,32H,1H3. The van der Waals surface area contributed by atoms with Crippen molar-refractivity contribution < 1.29 is 35.5 Å². The van der Waals surface area contributed by atoms with Crippen molar-refractivity contribution in [1.82, 2.24) is 8.96 Å². The number of nitrogens with zero attached hydrogens (tertiary/aromatic N) is 3. The zero-order chi connectivity index (χ0) is 33.6. The van der Waals surface area contributed by atoms with Crippen molar-refractivity contribution in [3.05, 3.63) is 117 Å². The summed E-state index contributed by atoms with van der Waals surface area (Å²) in [6.45, 7) is 0. The Bertz CT molecular complexity index is 2370. The van der Waals surface area contributed by atoms with Crippen LogP contribution in [-0.4, -0.2) is 30.5 Å². The van der Waals surface area contributed by atoms with E-state index in [4.69, 9.17) is 11.6 Å². The summed E-state index contributed by atoms with van der Waals surface area (Å²) < 4.78 is 90.8. The first-order chi connectivity index (χ1) is 22.5. The van der Waals surface area contributed by atoms with E-state index in [0.29, 0.717) is 5.56 Å². The van der Waals surface area contributed by atoms with Crippen LogP contribution in [0.3, 0.4) is 0 Å². The zero-order valence-corrected chi connectivity index (χ0v) is 26.2. The Morgan fingerprint density at radius 3 is 2.43 bits per heavy atom. The minimum absolute atomic E-state index is 0.00945. The highest BCUT2D eigenvalue weighted by atomic mass is 35.5. The summed E-state index contributed by atoms with van der Waals surface area (Å²) in [5.74, 6) is -2.55. The second kappa shape index (κ2) is 12.3. The largest absolute Gasteiger partial charge is 0.465 e. The van der Waals surface area contributed by atoms with Gasteiger partial charge in [0.25, 0.3) is 16.4 Å². The van der Waals surface area contributed by atoms with Crippen LogP contribution in [0.5, 0.6) is 0 Å². The smallest absolute Gasteiger partial charge is 0.340 e. The molecule has 2 heterocycles. The Morgan fingerprint density at radius 1 is 1.02 bits per heavy atom. The summed E-state index contributed by atoms with van der Waals surface area (Å²) in [5, 5.41) is 9.97. The van der Waals surface area contributed by atoms with Gasteiger partial charge in [0.1, 0.15) is 28.3 Å². The van der Waals surface area contributed by atoms with Gasteiger partial charge in [0, 0.05) is 32.7 Å². The molecule has 0 radical (unpaired) electrons. The van der Waals surface area contributed by atoms with E-state index in [-0.39, 0.29) is 59.3 Å². The van der Waals surface area contributed by atoms with Gasteiger partial charge in [-0.3, -0.25) is 0 Å². The summed E-state index contributed by atoms with van der Waals surface area (Å²) in [6, 6.07) is 17.9. The normalized spacial score (nSPS) is 11.6. The molecule has 0 unspecified atom stereocenters. The summed E-state index contributed by atoms with van der Waals surface area (Å²) in [7, 11) is -3.50. The number of hydrogen-bond acceptors (Lipinski definition) is 7. The maximum absolute atomic E-state index is 15.0. The first kappa shape index (κ1) is 31.9. The van der Waals surface area contributed by atoms with Crippen molar-refractivity contribution in [2.45, 2.75) is 11.3 Å². The van der Waals surface area contributed by atoms with Crippen molar-refractivity contribution in [1.29, 1.82) is 5.26 Å². The number of rotatable bonds is 7. The van der Waals surface area contributed by atoms with Crippen LogP contribution in [-0.2, 0) is 14.8 Å². The van der Waals surface area contributed by atoms with Gasteiger partial charge >= 0.3 is 5.97 Å². The molecule has 47 heavy (non-hydrogen) atoms. The van der Waals surface area contributed by atoms with Crippen LogP contribution in [0.4, 0.5) is 17.6 Å². The van der Waals surface area contributed by atoms with Gasteiger partial charge < -0.3 is 4.74 Å². The topological polar surface area (TPSA) is 102 Å². The van der Waals surface area contributed by atoms with E-state index in [2.05, 4.69) is 9.72 Å². The molecule has 0 aliphatic heterocycles. The average Bonchev–Trinajstić information content (AvgIpc) is 3.67. The number of nitriles is 1. The van der Waals surface area contributed by atoms with Crippen LogP contribution >= 0.6 is 22.9 Å². The fourth-order valence-corrected chi connectivity index (χ4v) is 7.65. The van der Waals surface area contributed by atoms with Gasteiger partial charge in [-0.05, 0) is 54.1 Å². The lowest BCUT2D eigenvalue weighted by Crippen LogP contribution is -2.14. The number of aromatic nitrogens is 2. The lowest BCUT2D eigenvalue weighted by Gasteiger charge is -2.15. The van der Waals surface area contributed by atoms with E-state index in [9.17, 15) is 31.6 Å². The maximum atomic E-state index is 15.0. The Balaban J connectivity index is 1.69. The SMILES string of the molecule is COC(=O)c1cc(Cl)c(-c2cccc(-c3c(-c4ncsc4C#N)c4cc(F)ccc4n3S(=O)(=O)c3ccc(C(F)F)cc3)c2)cc1F. The number of benzene rings is 4. The average molecular weight is 696 g/mol. The van der Waals surface area contributed by atoms with Gasteiger partial charge in [-0.15, -0.1) is 11.3 Å². The molecule has 0 fully saturated rings. The monoisotopic (exact) mass is 695 g/mol. The molecular formula is C33H18ClF4N3O4S2. The lowest BCUT2D eigenvalue weighted by molar-refractivity contribution is 0.0595. The van der Waals surface area contributed by atoms with Crippen LogP contribution in [0.25, 0.3) is 44.5 Å². The van der Waals surface area contributed by atoms with E-state index in [0.717, 1.165) is 70.9 Å². The van der Waals surface area contributed by atoms with Crippen molar-refractivity contribution in [3.63, 3.8) is 0 Å². The van der Waals surface area contributed by atoms with Crippen LogP contribution < -0.4 is 0 Å². The predicted molar refractivity (Wildman–Crippen MR) is 169 cm³/mol. The number of thiazole rings is 1. The molecule has 0 amide bonds. The van der Waals surface area contributed by atoms with E-state index >= 15 is 4.39 Å². The lowest BCUT2D eigenvalue weighted by atomic mass is 9.97. The highest BCUT2D eigenvalue weighted by molar-refractivity contribution is 7.90. The van der Waals surface area contributed by atoms with Crippen LogP contribution in [0.1, 0.15) is 27.2 Å². The molecule has 7 nitrogen and oxygen atoms in total. The minimum Gasteiger partial charge on any atom is -0.465 e. The molecule has 0 aliphatic carbocycles. The highest BCUT2D eigenvalue weighted by Crippen LogP contribution is 2.45. The Labute approximate surface area is 273 Å². The number of alkyl halides is 2. The molecule has 6 aromatic rings. The van der Waals surface area contributed by atoms with Crippen LogP contribution in [0.2, 0.25) is 5.02 Å². The molecule has 2 aromatic heterocycles. The molecule has 6 rings (SSSR count). The summed E-state index contributed by atoms with van der Waals surface area (Å²) in [4.78, 5) is 16.1.